The Hall–Kier alpha value is -2.86. The van der Waals surface area contributed by atoms with Crippen LogP contribution < -0.4 is 15.5 Å². The Morgan fingerprint density at radius 2 is 1.79 bits per heavy atom. The van der Waals surface area contributed by atoms with Gasteiger partial charge in [-0.3, -0.25) is 9.69 Å². The number of nitrogens with one attached hydrogen (secondary N) is 2. The Kier molecular flexibility index (Phi) is 6.10. The van der Waals surface area contributed by atoms with Gasteiger partial charge in [-0.1, -0.05) is 36.4 Å². The van der Waals surface area contributed by atoms with Crippen LogP contribution in [0, 0.1) is 0 Å². The number of urea groups is 1. The van der Waals surface area contributed by atoms with Crippen LogP contribution in [0.5, 0.6) is 0 Å². The van der Waals surface area contributed by atoms with Gasteiger partial charge in [-0.15, -0.1) is 0 Å². The van der Waals surface area contributed by atoms with E-state index in [0.717, 1.165) is 51.1 Å². The third-order valence-corrected chi connectivity index (χ3v) is 5.66. The molecule has 0 aromatic heterocycles. The van der Waals surface area contributed by atoms with Gasteiger partial charge in [0, 0.05) is 50.0 Å². The molecular weight excluding hydrogens is 364 g/mol. The molecule has 0 saturated carbocycles. The zero-order valence-corrected chi connectivity index (χ0v) is 16.6. The first-order chi connectivity index (χ1) is 14.2. The van der Waals surface area contributed by atoms with Gasteiger partial charge in [0.15, 0.2) is 0 Å². The van der Waals surface area contributed by atoms with Gasteiger partial charge in [0.2, 0.25) is 5.91 Å². The molecule has 2 saturated heterocycles. The number of likely N-dealkylation sites (tertiary alicyclic amines) is 1. The van der Waals surface area contributed by atoms with Crippen LogP contribution in [-0.4, -0.2) is 42.5 Å². The standard InChI is InChI=1S/C23H28N4O2/c28-22-10-5-13-27(22)21-9-4-8-20(16-21)25-23(29)24-19-11-14-26(15-12-19)17-18-6-2-1-3-7-18/h1-4,6-9,16,19H,5,10-15,17H2,(H2,24,25,29). The normalized spacial score (nSPS) is 18.1. The molecule has 4 rings (SSSR count). The molecule has 6 nitrogen and oxygen atoms in total. The number of piperidine rings is 1. The summed E-state index contributed by atoms with van der Waals surface area (Å²) in [6.45, 7) is 3.66. The highest BCUT2D eigenvalue weighted by Gasteiger charge is 2.23. The van der Waals surface area contributed by atoms with E-state index in [9.17, 15) is 9.59 Å². The zero-order valence-electron chi connectivity index (χ0n) is 16.6. The fraction of sp³-hybridized carbons (Fsp3) is 0.391. The van der Waals surface area contributed by atoms with Gasteiger partial charge in [-0.25, -0.2) is 4.79 Å². The van der Waals surface area contributed by atoms with Crippen molar-refractivity contribution in [2.75, 3.05) is 29.9 Å². The van der Waals surface area contributed by atoms with Crippen LogP contribution in [0.3, 0.4) is 0 Å². The summed E-state index contributed by atoms with van der Waals surface area (Å²) >= 11 is 0. The van der Waals surface area contributed by atoms with Crippen molar-refractivity contribution in [3.05, 3.63) is 60.2 Å². The molecule has 152 valence electrons. The van der Waals surface area contributed by atoms with E-state index in [0.29, 0.717) is 12.1 Å². The quantitative estimate of drug-likeness (QED) is 0.817. The van der Waals surface area contributed by atoms with Crippen LogP contribution in [-0.2, 0) is 11.3 Å². The number of anilines is 2. The maximum Gasteiger partial charge on any atom is 0.319 e. The molecule has 29 heavy (non-hydrogen) atoms. The lowest BCUT2D eigenvalue weighted by molar-refractivity contribution is -0.117. The van der Waals surface area contributed by atoms with E-state index in [2.05, 4.69) is 39.8 Å². The third-order valence-electron chi connectivity index (χ3n) is 5.66. The summed E-state index contributed by atoms with van der Waals surface area (Å²) in [4.78, 5) is 28.6. The Morgan fingerprint density at radius 1 is 1.00 bits per heavy atom. The lowest BCUT2D eigenvalue weighted by Gasteiger charge is -2.32. The van der Waals surface area contributed by atoms with Gasteiger partial charge < -0.3 is 15.5 Å². The number of rotatable bonds is 5. The summed E-state index contributed by atoms with van der Waals surface area (Å²) in [5.41, 5.74) is 2.88. The molecule has 0 radical (unpaired) electrons. The summed E-state index contributed by atoms with van der Waals surface area (Å²) in [6, 6.07) is 18.0. The molecule has 0 bridgehead atoms. The van der Waals surface area contributed by atoms with E-state index in [4.69, 9.17) is 0 Å². The van der Waals surface area contributed by atoms with Crippen molar-refractivity contribution in [1.29, 1.82) is 0 Å². The van der Waals surface area contributed by atoms with E-state index in [1.165, 1.54) is 5.56 Å². The van der Waals surface area contributed by atoms with E-state index in [1.54, 1.807) is 4.90 Å². The number of nitrogens with zero attached hydrogens (tertiary/aromatic N) is 2. The molecule has 2 N–H and O–H groups in total. The van der Waals surface area contributed by atoms with Crippen molar-refractivity contribution >= 4 is 23.3 Å². The van der Waals surface area contributed by atoms with Crippen LogP contribution in [0.15, 0.2) is 54.6 Å². The molecule has 2 aromatic carbocycles. The maximum absolute atomic E-state index is 12.4. The molecule has 2 aliphatic heterocycles. The van der Waals surface area contributed by atoms with E-state index >= 15 is 0 Å². The van der Waals surface area contributed by atoms with Crippen LogP contribution in [0.1, 0.15) is 31.2 Å². The van der Waals surface area contributed by atoms with Gasteiger partial charge in [0.25, 0.3) is 0 Å². The minimum atomic E-state index is -0.184. The summed E-state index contributed by atoms with van der Waals surface area (Å²) in [5.74, 6) is 0.147. The third kappa shape index (κ3) is 5.15. The molecule has 2 heterocycles. The molecule has 2 aliphatic rings. The lowest BCUT2D eigenvalue weighted by atomic mass is 10.0. The molecule has 3 amide bonds. The van der Waals surface area contributed by atoms with Crippen LogP contribution in [0.4, 0.5) is 16.2 Å². The average molecular weight is 393 g/mol. The second kappa shape index (κ2) is 9.09. The smallest absolute Gasteiger partial charge is 0.319 e. The van der Waals surface area contributed by atoms with Crippen LogP contribution in [0.25, 0.3) is 0 Å². The minimum Gasteiger partial charge on any atom is -0.335 e. The number of carbonyl (C=O) groups excluding carboxylic acids is 2. The number of amides is 3. The average Bonchev–Trinajstić information content (AvgIpc) is 3.16. The second-order valence-electron chi connectivity index (χ2n) is 7.83. The fourth-order valence-corrected chi connectivity index (χ4v) is 4.10. The SMILES string of the molecule is O=C(Nc1cccc(N2CCCC2=O)c1)NC1CCN(Cc2ccccc2)CC1. The Labute approximate surface area is 171 Å². The highest BCUT2D eigenvalue weighted by Crippen LogP contribution is 2.24. The monoisotopic (exact) mass is 392 g/mol. The molecule has 6 heteroatoms. The summed E-state index contributed by atoms with van der Waals surface area (Å²) in [6.07, 6.45) is 3.38. The second-order valence-corrected chi connectivity index (χ2v) is 7.83. The predicted molar refractivity (Wildman–Crippen MR) is 115 cm³/mol. The van der Waals surface area contributed by atoms with Crippen molar-refractivity contribution in [1.82, 2.24) is 10.2 Å². The molecule has 0 aliphatic carbocycles. The number of hydrogen-bond acceptors (Lipinski definition) is 3. The predicted octanol–water partition coefficient (Wildman–Crippen LogP) is 3.60. The zero-order chi connectivity index (χ0) is 20.1. The number of benzene rings is 2. The van der Waals surface area contributed by atoms with Crippen LogP contribution >= 0.6 is 0 Å². The lowest BCUT2D eigenvalue weighted by Crippen LogP contribution is -2.45. The molecule has 0 spiro atoms. The van der Waals surface area contributed by atoms with E-state index in [1.807, 2.05) is 30.3 Å². The molecule has 0 atom stereocenters. The first-order valence-electron chi connectivity index (χ1n) is 10.4. The van der Waals surface area contributed by atoms with Gasteiger partial charge in [0.05, 0.1) is 0 Å². The maximum atomic E-state index is 12.4. The highest BCUT2D eigenvalue weighted by atomic mass is 16.2. The first-order valence-corrected chi connectivity index (χ1v) is 10.4. The van der Waals surface area contributed by atoms with Crippen molar-refractivity contribution < 1.29 is 9.59 Å². The van der Waals surface area contributed by atoms with Crippen molar-refractivity contribution in [2.45, 2.75) is 38.3 Å². The van der Waals surface area contributed by atoms with Crippen LogP contribution in [0.2, 0.25) is 0 Å². The fourth-order valence-electron chi connectivity index (χ4n) is 4.10. The summed E-state index contributed by atoms with van der Waals surface area (Å²) in [7, 11) is 0. The van der Waals surface area contributed by atoms with E-state index < -0.39 is 0 Å². The van der Waals surface area contributed by atoms with Crippen molar-refractivity contribution in [3.63, 3.8) is 0 Å². The van der Waals surface area contributed by atoms with Gasteiger partial charge >= 0.3 is 6.03 Å². The minimum absolute atomic E-state index is 0.147. The van der Waals surface area contributed by atoms with Gasteiger partial charge in [-0.05, 0) is 43.0 Å². The Bertz CT molecular complexity index is 847. The van der Waals surface area contributed by atoms with Gasteiger partial charge in [-0.2, -0.15) is 0 Å². The largest absolute Gasteiger partial charge is 0.335 e. The topological polar surface area (TPSA) is 64.7 Å². The summed E-state index contributed by atoms with van der Waals surface area (Å²) < 4.78 is 0. The molecule has 0 unspecified atom stereocenters. The molecule has 2 fully saturated rings. The Balaban J connectivity index is 1.25. The first kappa shape index (κ1) is 19.5. The van der Waals surface area contributed by atoms with Crippen molar-refractivity contribution in [2.24, 2.45) is 0 Å². The Morgan fingerprint density at radius 3 is 2.52 bits per heavy atom. The molecule has 2 aromatic rings. The van der Waals surface area contributed by atoms with E-state index in [-0.39, 0.29) is 18.0 Å². The highest BCUT2D eigenvalue weighted by molar-refractivity contribution is 5.96. The summed E-state index contributed by atoms with van der Waals surface area (Å²) in [5, 5.41) is 6.01. The molecular formula is C23H28N4O2. The number of carbonyl (C=O) groups is 2. The van der Waals surface area contributed by atoms with Gasteiger partial charge in [0.1, 0.15) is 0 Å². The number of hydrogen-bond donors (Lipinski definition) is 2. The van der Waals surface area contributed by atoms with Crippen molar-refractivity contribution in [3.8, 4) is 0 Å².